The van der Waals surface area contributed by atoms with E-state index in [1.54, 1.807) is 12.2 Å². The molecule has 1 amide bonds. The van der Waals surface area contributed by atoms with Crippen molar-refractivity contribution < 1.29 is 4.79 Å². The Morgan fingerprint density at radius 3 is 2.33 bits per heavy atom. The van der Waals surface area contributed by atoms with Crippen LogP contribution in [0.1, 0.15) is 19.3 Å². The fourth-order valence-corrected chi connectivity index (χ4v) is 2.96. The van der Waals surface area contributed by atoms with Crippen LogP contribution in [0.3, 0.4) is 0 Å². The lowest BCUT2D eigenvalue weighted by Crippen LogP contribution is -2.36. The van der Waals surface area contributed by atoms with Crippen LogP contribution in [0.2, 0.25) is 0 Å². The summed E-state index contributed by atoms with van der Waals surface area (Å²) in [6, 6.07) is 0. The van der Waals surface area contributed by atoms with E-state index in [2.05, 4.69) is 18.5 Å². The summed E-state index contributed by atoms with van der Waals surface area (Å²) in [6.07, 6.45) is 6.97. The van der Waals surface area contributed by atoms with Gasteiger partial charge < -0.3 is 10.2 Å². The lowest BCUT2D eigenvalue weighted by Gasteiger charge is -2.25. The quantitative estimate of drug-likeness (QED) is 0.775. The number of hydrogen-bond acceptors (Lipinski definition) is 2. The predicted molar refractivity (Wildman–Crippen MR) is 76.9 cm³/mol. The van der Waals surface area contributed by atoms with Gasteiger partial charge in [0.05, 0.1) is 0 Å². The molecule has 0 aromatic rings. The predicted octanol–water partition coefficient (Wildman–Crippen LogP) is 2.00. The van der Waals surface area contributed by atoms with Gasteiger partial charge >= 0.3 is 0 Å². The van der Waals surface area contributed by atoms with Crippen LogP contribution in [0.4, 0.5) is 0 Å². The summed E-state index contributed by atoms with van der Waals surface area (Å²) in [5.41, 5.74) is 0.322. The van der Waals surface area contributed by atoms with Gasteiger partial charge in [0, 0.05) is 19.0 Å². The summed E-state index contributed by atoms with van der Waals surface area (Å²) < 4.78 is 0. The van der Waals surface area contributed by atoms with Gasteiger partial charge in [-0.2, -0.15) is 0 Å². The topological polar surface area (TPSA) is 32.3 Å². The molecule has 2 aliphatic rings. The highest BCUT2D eigenvalue weighted by atomic mass is 35.5. The van der Waals surface area contributed by atoms with Crippen molar-refractivity contribution in [3.05, 3.63) is 25.3 Å². The lowest BCUT2D eigenvalue weighted by molar-refractivity contribution is -0.132. The Bertz CT molecular complexity index is 314. The van der Waals surface area contributed by atoms with E-state index in [4.69, 9.17) is 0 Å². The highest BCUT2D eigenvalue weighted by Gasteiger charge is 2.58. The van der Waals surface area contributed by atoms with Gasteiger partial charge in [-0.15, -0.1) is 25.6 Å². The zero-order valence-electron chi connectivity index (χ0n) is 10.9. The van der Waals surface area contributed by atoms with Gasteiger partial charge in [-0.3, -0.25) is 4.79 Å². The molecule has 1 spiro atoms. The molecule has 1 N–H and O–H groups in total. The number of rotatable bonds is 5. The van der Waals surface area contributed by atoms with Crippen LogP contribution in [0.25, 0.3) is 0 Å². The smallest absolute Gasteiger partial charge is 0.226 e. The Kier molecular flexibility index (Phi) is 5.42. The largest absolute Gasteiger partial charge is 0.335 e. The highest BCUT2D eigenvalue weighted by molar-refractivity contribution is 5.85. The fourth-order valence-electron chi connectivity index (χ4n) is 2.96. The van der Waals surface area contributed by atoms with Crippen LogP contribution in [0, 0.1) is 11.3 Å². The second-order valence-electron chi connectivity index (χ2n) is 5.19. The molecule has 1 saturated heterocycles. The van der Waals surface area contributed by atoms with Gasteiger partial charge in [0.2, 0.25) is 5.91 Å². The number of amides is 1. The van der Waals surface area contributed by atoms with Crippen LogP contribution < -0.4 is 5.32 Å². The van der Waals surface area contributed by atoms with Gasteiger partial charge in [-0.25, -0.2) is 0 Å². The van der Waals surface area contributed by atoms with Crippen molar-refractivity contribution in [2.24, 2.45) is 11.3 Å². The van der Waals surface area contributed by atoms with Crippen molar-refractivity contribution >= 4 is 18.3 Å². The van der Waals surface area contributed by atoms with E-state index in [1.165, 1.54) is 0 Å². The summed E-state index contributed by atoms with van der Waals surface area (Å²) in [4.78, 5) is 14.2. The molecule has 102 valence electrons. The third kappa shape index (κ3) is 2.96. The number of piperidine rings is 1. The minimum Gasteiger partial charge on any atom is -0.335 e. The fraction of sp³-hybridized carbons (Fsp3) is 0.643. The van der Waals surface area contributed by atoms with E-state index >= 15 is 0 Å². The lowest BCUT2D eigenvalue weighted by atomic mass is 9.91. The molecule has 1 unspecified atom stereocenters. The highest BCUT2D eigenvalue weighted by Crippen LogP contribution is 2.59. The maximum atomic E-state index is 12.4. The number of carbonyl (C=O) groups excluding carboxylic acids is 1. The summed E-state index contributed by atoms with van der Waals surface area (Å²) in [7, 11) is 0. The number of carbonyl (C=O) groups is 1. The van der Waals surface area contributed by atoms with E-state index in [1.807, 2.05) is 4.90 Å². The third-order valence-electron chi connectivity index (χ3n) is 4.10. The normalized spacial score (nSPS) is 23.9. The molecule has 18 heavy (non-hydrogen) atoms. The third-order valence-corrected chi connectivity index (χ3v) is 4.10. The first-order valence-electron chi connectivity index (χ1n) is 6.45. The average Bonchev–Trinajstić information content (AvgIpc) is 3.03. The number of halogens is 1. The molecule has 3 nitrogen and oxygen atoms in total. The zero-order valence-corrected chi connectivity index (χ0v) is 11.7. The average molecular weight is 271 g/mol. The van der Waals surface area contributed by atoms with Crippen LogP contribution in [0.5, 0.6) is 0 Å². The molecule has 1 atom stereocenters. The Labute approximate surface area is 116 Å². The van der Waals surface area contributed by atoms with E-state index in [0.717, 1.165) is 32.4 Å². The molecular formula is C14H23ClN2O. The number of hydrogen-bond donors (Lipinski definition) is 1. The SMILES string of the molecule is C=CCN(CC=C)C(=O)C1CC12CCNCC2.Cl. The molecule has 1 aliphatic heterocycles. The summed E-state index contributed by atoms with van der Waals surface area (Å²) in [5.74, 6) is 0.552. The molecular weight excluding hydrogens is 248 g/mol. The van der Waals surface area contributed by atoms with Crippen LogP contribution in [-0.4, -0.2) is 37.0 Å². The van der Waals surface area contributed by atoms with Crippen LogP contribution in [0.15, 0.2) is 25.3 Å². The van der Waals surface area contributed by atoms with Gasteiger partial charge in [-0.05, 0) is 37.8 Å². The first-order chi connectivity index (χ1) is 8.23. The first kappa shape index (κ1) is 15.3. The Morgan fingerprint density at radius 1 is 1.28 bits per heavy atom. The summed E-state index contributed by atoms with van der Waals surface area (Å²) in [6.45, 7) is 10.8. The monoisotopic (exact) mass is 270 g/mol. The van der Waals surface area contributed by atoms with E-state index in [0.29, 0.717) is 24.4 Å². The second-order valence-corrected chi connectivity index (χ2v) is 5.19. The molecule has 1 saturated carbocycles. The minimum absolute atomic E-state index is 0. The molecule has 0 aromatic heterocycles. The Balaban J connectivity index is 0.00000162. The molecule has 2 rings (SSSR count). The molecule has 1 heterocycles. The summed E-state index contributed by atoms with van der Waals surface area (Å²) >= 11 is 0. The van der Waals surface area contributed by atoms with Crippen molar-refractivity contribution in [3.63, 3.8) is 0 Å². The van der Waals surface area contributed by atoms with Gasteiger partial charge in [0.25, 0.3) is 0 Å². The first-order valence-corrected chi connectivity index (χ1v) is 6.45. The minimum atomic E-state index is 0. The number of nitrogens with zero attached hydrogens (tertiary/aromatic N) is 1. The standard InChI is InChI=1S/C14H22N2O.ClH/c1-3-9-16(10-4-2)13(17)12-11-14(12)5-7-15-8-6-14;/h3-4,12,15H,1-2,5-11H2;1H. The van der Waals surface area contributed by atoms with Gasteiger partial charge in [0.1, 0.15) is 0 Å². The molecule has 0 radical (unpaired) electrons. The van der Waals surface area contributed by atoms with Crippen molar-refractivity contribution in [3.8, 4) is 0 Å². The molecule has 0 aromatic carbocycles. The Hall–Kier alpha value is -0.800. The molecule has 0 bridgehead atoms. The van der Waals surface area contributed by atoms with Crippen LogP contribution in [-0.2, 0) is 4.79 Å². The number of nitrogens with one attached hydrogen (secondary N) is 1. The second kappa shape index (κ2) is 6.39. The Morgan fingerprint density at radius 2 is 1.83 bits per heavy atom. The molecule has 1 aliphatic carbocycles. The van der Waals surface area contributed by atoms with Crippen molar-refractivity contribution in [1.82, 2.24) is 10.2 Å². The molecule has 2 fully saturated rings. The van der Waals surface area contributed by atoms with Crippen molar-refractivity contribution in [2.45, 2.75) is 19.3 Å². The van der Waals surface area contributed by atoms with E-state index in [-0.39, 0.29) is 18.3 Å². The van der Waals surface area contributed by atoms with Gasteiger partial charge in [-0.1, -0.05) is 12.2 Å². The molecule has 4 heteroatoms. The van der Waals surface area contributed by atoms with Crippen LogP contribution >= 0.6 is 12.4 Å². The van der Waals surface area contributed by atoms with E-state index in [9.17, 15) is 4.79 Å². The maximum Gasteiger partial charge on any atom is 0.226 e. The van der Waals surface area contributed by atoms with Crippen molar-refractivity contribution in [1.29, 1.82) is 0 Å². The van der Waals surface area contributed by atoms with Crippen molar-refractivity contribution in [2.75, 3.05) is 26.2 Å². The van der Waals surface area contributed by atoms with Gasteiger partial charge in [0.15, 0.2) is 0 Å². The summed E-state index contributed by atoms with van der Waals surface area (Å²) in [5, 5.41) is 3.36. The zero-order chi connectivity index (χ0) is 12.3. The maximum absolute atomic E-state index is 12.4. The van der Waals surface area contributed by atoms with E-state index < -0.39 is 0 Å².